The number of aromatic nitrogens is 1. The van der Waals surface area contributed by atoms with Gasteiger partial charge in [0, 0.05) is 23.4 Å². The number of nitrogens with one attached hydrogen (secondary N) is 4. The SMILES string of the molecule is CC(C)CC(NC(=O)c1cc2ccccc2[nH]1)C(=O)NC(C[C@@H]1CCNC1=O)C(=O)COC(C(F)(F)F)C(F)(F)F. The molecule has 2 heterocycles. The molecule has 3 atom stereocenters. The van der Waals surface area contributed by atoms with Gasteiger partial charge in [0.2, 0.25) is 17.9 Å². The molecular formula is C26H30F6N4O5. The van der Waals surface area contributed by atoms with E-state index in [4.69, 9.17) is 0 Å². The lowest BCUT2D eigenvalue weighted by Gasteiger charge is -2.26. The van der Waals surface area contributed by atoms with Crippen LogP contribution in [-0.4, -0.2) is 72.2 Å². The first-order valence-corrected chi connectivity index (χ1v) is 12.8. The lowest BCUT2D eigenvalue weighted by Crippen LogP contribution is -2.54. The Morgan fingerprint density at radius 2 is 1.68 bits per heavy atom. The summed E-state index contributed by atoms with van der Waals surface area (Å²) in [6.45, 7) is 2.13. The molecule has 1 aliphatic rings. The quantitative estimate of drug-likeness (QED) is 0.281. The molecule has 2 aromatic rings. The average molecular weight is 593 g/mol. The Bertz CT molecular complexity index is 1210. The molecule has 9 nitrogen and oxygen atoms in total. The molecule has 0 spiro atoms. The van der Waals surface area contributed by atoms with Crippen LogP contribution in [0, 0.1) is 11.8 Å². The van der Waals surface area contributed by atoms with E-state index in [0.29, 0.717) is 5.52 Å². The summed E-state index contributed by atoms with van der Waals surface area (Å²) in [7, 11) is 0. The second-order valence-corrected chi connectivity index (χ2v) is 10.2. The first-order chi connectivity index (χ1) is 19.1. The summed E-state index contributed by atoms with van der Waals surface area (Å²) < 4.78 is 81.3. The second kappa shape index (κ2) is 12.9. The fraction of sp³-hybridized carbons (Fsp3) is 0.538. The zero-order chi connectivity index (χ0) is 30.5. The van der Waals surface area contributed by atoms with Gasteiger partial charge in [0.05, 0.1) is 6.04 Å². The fourth-order valence-electron chi connectivity index (χ4n) is 4.47. The van der Waals surface area contributed by atoms with Crippen LogP contribution in [0.2, 0.25) is 0 Å². The van der Waals surface area contributed by atoms with Crippen LogP contribution in [0.4, 0.5) is 26.3 Å². The number of aromatic amines is 1. The van der Waals surface area contributed by atoms with E-state index in [-0.39, 0.29) is 37.4 Å². The van der Waals surface area contributed by atoms with Crippen LogP contribution in [0.3, 0.4) is 0 Å². The number of Topliss-reactive ketones (excluding diaryl/α,β-unsaturated/α-hetero) is 1. The van der Waals surface area contributed by atoms with Gasteiger partial charge in [-0.3, -0.25) is 19.2 Å². The second-order valence-electron chi connectivity index (χ2n) is 10.2. The highest BCUT2D eigenvalue weighted by Gasteiger charge is 2.58. The highest BCUT2D eigenvalue weighted by Crippen LogP contribution is 2.35. The van der Waals surface area contributed by atoms with E-state index >= 15 is 0 Å². The molecule has 0 radical (unpaired) electrons. The minimum Gasteiger partial charge on any atom is -0.356 e. The van der Waals surface area contributed by atoms with E-state index in [2.05, 4.69) is 25.7 Å². The summed E-state index contributed by atoms with van der Waals surface area (Å²) in [6, 6.07) is 5.72. The third-order valence-electron chi connectivity index (χ3n) is 6.48. The van der Waals surface area contributed by atoms with Crippen LogP contribution in [-0.2, 0) is 19.1 Å². The van der Waals surface area contributed by atoms with Crippen molar-refractivity contribution in [1.82, 2.24) is 20.9 Å². The Morgan fingerprint density at radius 3 is 2.24 bits per heavy atom. The largest absolute Gasteiger partial charge is 0.423 e. The Kier molecular flexibility index (Phi) is 10.0. The molecule has 4 N–H and O–H groups in total. The molecule has 2 unspecified atom stereocenters. The van der Waals surface area contributed by atoms with Crippen LogP contribution < -0.4 is 16.0 Å². The van der Waals surface area contributed by atoms with E-state index in [9.17, 15) is 45.5 Å². The number of carbonyl (C=O) groups is 4. The monoisotopic (exact) mass is 592 g/mol. The summed E-state index contributed by atoms with van der Waals surface area (Å²) >= 11 is 0. The first-order valence-electron chi connectivity index (χ1n) is 12.8. The van der Waals surface area contributed by atoms with Gasteiger partial charge in [-0.1, -0.05) is 32.0 Å². The number of halogens is 6. The van der Waals surface area contributed by atoms with Crippen molar-refractivity contribution in [2.24, 2.45) is 11.8 Å². The molecule has 1 aliphatic heterocycles. The molecule has 1 saturated heterocycles. The summed E-state index contributed by atoms with van der Waals surface area (Å²) in [5, 5.41) is 8.12. The minimum atomic E-state index is -5.84. The third-order valence-corrected chi connectivity index (χ3v) is 6.48. The molecule has 0 aliphatic carbocycles. The Balaban J connectivity index is 1.78. The number of H-pyrrole nitrogens is 1. The van der Waals surface area contributed by atoms with Gasteiger partial charge in [0.1, 0.15) is 18.3 Å². The molecule has 15 heteroatoms. The lowest BCUT2D eigenvalue weighted by atomic mass is 9.95. The highest BCUT2D eigenvalue weighted by molar-refractivity contribution is 6.00. The molecule has 1 aromatic heterocycles. The molecule has 1 fully saturated rings. The molecule has 3 rings (SSSR count). The molecule has 1 aromatic carbocycles. The topological polar surface area (TPSA) is 129 Å². The Morgan fingerprint density at radius 1 is 1.02 bits per heavy atom. The number of ether oxygens (including phenoxy) is 1. The maximum atomic E-state index is 13.3. The smallest absolute Gasteiger partial charge is 0.356 e. The van der Waals surface area contributed by atoms with Gasteiger partial charge < -0.3 is 25.7 Å². The van der Waals surface area contributed by atoms with Crippen LogP contribution >= 0.6 is 0 Å². The van der Waals surface area contributed by atoms with Crippen molar-refractivity contribution in [2.45, 2.75) is 63.7 Å². The third kappa shape index (κ3) is 8.68. The van der Waals surface area contributed by atoms with Crippen molar-refractivity contribution >= 4 is 34.4 Å². The molecular weight excluding hydrogens is 562 g/mol. The van der Waals surface area contributed by atoms with Gasteiger partial charge in [-0.25, -0.2) is 0 Å². The number of rotatable bonds is 12. The van der Waals surface area contributed by atoms with Crippen molar-refractivity contribution in [2.75, 3.05) is 13.2 Å². The number of carbonyl (C=O) groups excluding carboxylic acids is 4. The number of para-hydroxylation sites is 1. The maximum absolute atomic E-state index is 13.3. The summed E-state index contributed by atoms with van der Waals surface area (Å²) in [4.78, 5) is 54.0. The van der Waals surface area contributed by atoms with Crippen LogP contribution in [0.5, 0.6) is 0 Å². The van der Waals surface area contributed by atoms with Gasteiger partial charge in [0.15, 0.2) is 5.78 Å². The number of benzene rings is 1. The van der Waals surface area contributed by atoms with Gasteiger partial charge >= 0.3 is 12.4 Å². The lowest BCUT2D eigenvalue weighted by molar-refractivity contribution is -0.319. The number of alkyl halides is 6. The standard InChI is InChI=1S/C26H30F6N4O5/c1-13(2)9-18(36-23(40)19-10-14-5-3-4-6-16(14)34-19)22(39)35-17(11-15-7-8-33-21(15)38)20(37)12-41-24(25(27,28)29)26(30,31)32/h3-6,10,13,15,17-18,24,34H,7-9,11-12H2,1-2H3,(H,33,38)(H,35,39)(H,36,40)/t15-,17?,18?/m0/s1. The normalized spacial score (nSPS) is 17.5. The maximum Gasteiger partial charge on any atom is 0.423 e. The molecule has 0 saturated carbocycles. The zero-order valence-electron chi connectivity index (χ0n) is 22.1. The van der Waals surface area contributed by atoms with Crippen molar-refractivity contribution < 1.29 is 50.3 Å². The Labute approximate surface area is 230 Å². The number of fused-ring (bicyclic) bond motifs is 1. The van der Waals surface area contributed by atoms with E-state index < -0.39 is 66.6 Å². The van der Waals surface area contributed by atoms with Crippen molar-refractivity contribution in [3.63, 3.8) is 0 Å². The van der Waals surface area contributed by atoms with E-state index in [1.807, 2.05) is 0 Å². The van der Waals surface area contributed by atoms with E-state index in [1.165, 1.54) is 0 Å². The molecule has 41 heavy (non-hydrogen) atoms. The number of amides is 3. The predicted molar refractivity (Wildman–Crippen MR) is 134 cm³/mol. The van der Waals surface area contributed by atoms with Gasteiger partial charge in [0.25, 0.3) is 5.91 Å². The Hall–Kier alpha value is -3.62. The summed E-state index contributed by atoms with van der Waals surface area (Å²) in [6.07, 6.45) is -15.9. The van der Waals surface area contributed by atoms with Gasteiger partial charge in [-0.05, 0) is 37.3 Å². The van der Waals surface area contributed by atoms with Crippen molar-refractivity contribution in [1.29, 1.82) is 0 Å². The number of ketones is 1. The van der Waals surface area contributed by atoms with Crippen LogP contribution in [0.25, 0.3) is 10.9 Å². The predicted octanol–water partition coefficient (Wildman–Crippen LogP) is 3.40. The van der Waals surface area contributed by atoms with Crippen molar-refractivity contribution in [3.05, 3.63) is 36.0 Å². The van der Waals surface area contributed by atoms with E-state index in [0.717, 1.165) is 5.39 Å². The van der Waals surface area contributed by atoms with Crippen LogP contribution in [0.1, 0.15) is 43.6 Å². The highest BCUT2D eigenvalue weighted by atomic mass is 19.4. The van der Waals surface area contributed by atoms with Crippen LogP contribution in [0.15, 0.2) is 30.3 Å². The number of hydrogen-bond donors (Lipinski definition) is 4. The first kappa shape index (κ1) is 31.9. The minimum absolute atomic E-state index is 0.0867. The van der Waals surface area contributed by atoms with Gasteiger partial charge in [-0.2, -0.15) is 26.3 Å². The van der Waals surface area contributed by atoms with E-state index in [1.54, 1.807) is 44.2 Å². The fourth-order valence-corrected chi connectivity index (χ4v) is 4.47. The van der Waals surface area contributed by atoms with Crippen molar-refractivity contribution in [3.8, 4) is 0 Å². The zero-order valence-corrected chi connectivity index (χ0v) is 22.1. The average Bonchev–Trinajstić information content (AvgIpc) is 3.47. The summed E-state index contributed by atoms with van der Waals surface area (Å²) in [5.41, 5.74) is 0.806. The number of hydrogen-bond acceptors (Lipinski definition) is 5. The molecule has 0 bridgehead atoms. The summed E-state index contributed by atoms with van der Waals surface area (Å²) in [5.74, 6) is -4.29. The van der Waals surface area contributed by atoms with Gasteiger partial charge in [-0.15, -0.1) is 0 Å². The molecule has 226 valence electrons. The molecule has 3 amide bonds.